The minimum absolute atomic E-state index is 0.125. The van der Waals surface area contributed by atoms with Crippen molar-refractivity contribution < 1.29 is 18.7 Å². The van der Waals surface area contributed by atoms with E-state index in [-0.39, 0.29) is 36.2 Å². The van der Waals surface area contributed by atoms with Gasteiger partial charge in [-0.3, -0.25) is 24.3 Å². The van der Waals surface area contributed by atoms with E-state index in [1.165, 1.54) is 41.4 Å². The van der Waals surface area contributed by atoms with Crippen LogP contribution in [0.2, 0.25) is 0 Å². The van der Waals surface area contributed by atoms with E-state index in [0.717, 1.165) is 65.4 Å². The fraction of sp³-hybridized carbons (Fsp3) is 0.341. The van der Waals surface area contributed by atoms with E-state index in [4.69, 9.17) is 4.74 Å². The lowest BCUT2D eigenvalue weighted by atomic mass is 10.1. The maximum absolute atomic E-state index is 15.8. The number of halogens is 1. The molecule has 7 rings (SSSR count). The number of aromatic nitrogens is 6. The Hall–Kier alpha value is -6.37. The number of ether oxygens (including phenoxy) is 1. The number of likely N-dealkylation sites (tertiary alicyclic amines) is 1. The number of likely N-dealkylation sites (N-methyl/N-ethyl adjacent to an activating group) is 1. The first-order chi connectivity index (χ1) is 30.1. The second-order valence-corrected chi connectivity index (χ2v) is 15.9. The average Bonchev–Trinajstić information content (AvgIpc) is 4.03. The summed E-state index contributed by atoms with van der Waals surface area (Å²) in [6.45, 7) is 13.4. The number of aryl methyl sites for hydroxylation is 1. The van der Waals surface area contributed by atoms with Gasteiger partial charge < -0.3 is 26.0 Å². The first-order valence-corrected chi connectivity index (χ1v) is 21.3. The summed E-state index contributed by atoms with van der Waals surface area (Å²) >= 11 is 1.50. The Kier molecular flexibility index (Phi) is 15.6. The van der Waals surface area contributed by atoms with Gasteiger partial charge in [-0.15, -0.1) is 0 Å². The molecule has 0 spiro atoms. The molecule has 18 heteroatoms. The molecule has 62 heavy (non-hydrogen) atoms. The molecule has 1 unspecified atom stereocenters. The maximum Gasteiger partial charge on any atom is 0.227 e. The predicted octanol–water partition coefficient (Wildman–Crippen LogP) is 6.07. The highest BCUT2D eigenvalue weighted by Crippen LogP contribution is 2.34. The molecule has 16 nitrogen and oxygen atoms in total. The highest BCUT2D eigenvalue weighted by atomic mass is 32.2. The highest BCUT2D eigenvalue weighted by molar-refractivity contribution is 7.99. The summed E-state index contributed by atoms with van der Waals surface area (Å²) in [5.74, 6) is 0.147. The SMILES string of the molecule is C=Nn1cnc(-c2cn[nH]c2)c(OC(C)C)c1=Nc1ccc(Sc2cccc(CN3CCCC3CN(CC)c3ccc4c(NC(=O)CCNC=O)nn(C)c4c3)c2)cc1F.CN. The van der Waals surface area contributed by atoms with Crippen LogP contribution in [0.4, 0.5) is 21.6 Å². The molecule has 1 atom stereocenters. The lowest BCUT2D eigenvalue weighted by molar-refractivity contribution is -0.116. The van der Waals surface area contributed by atoms with E-state index in [1.54, 1.807) is 23.1 Å². The van der Waals surface area contributed by atoms with Gasteiger partial charge in [0, 0.05) is 85.0 Å². The quantitative estimate of drug-likeness (QED) is 0.0449. The Morgan fingerprint density at radius 3 is 2.73 bits per heavy atom. The molecule has 0 aliphatic carbocycles. The number of carbonyl (C=O) groups is 2. The minimum Gasteiger partial charge on any atom is -0.485 e. The number of fused-ring (bicyclic) bond motifs is 1. The summed E-state index contributed by atoms with van der Waals surface area (Å²) in [4.78, 5) is 38.8. The summed E-state index contributed by atoms with van der Waals surface area (Å²) in [7, 11) is 3.37. The van der Waals surface area contributed by atoms with Crippen LogP contribution in [0.1, 0.15) is 45.6 Å². The fourth-order valence-electron chi connectivity index (χ4n) is 7.36. The van der Waals surface area contributed by atoms with Gasteiger partial charge in [-0.05, 0) is 101 Å². The summed E-state index contributed by atoms with van der Waals surface area (Å²) in [5, 5.41) is 21.7. The zero-order chi connectivity index (χ0) is 44.2. The summed E-state index contributed by atoms with van der Waals surface area (Å²) in [6, 6.07) is 20.0. The number of H-pyrrole nitrogens is 1. The number of hydrogen-bond donors (Lipinski definition) is 4. The molecule has 0 radical (unpaired) electrons. The number of aromatic amines is 1. The van der Waals surface area contributed by atoms with Crippen molar-refractivity contribution in [2.75, 3.05) is 43.4 Å². The van der Waals surface area contributed by atoms with Gasteiger partial charge in [0.25, 0.3) is 0 Å². The van der Waals surface area contributed by atoms with Gasteiger partial charge in [0.2, 0.25) is 17.8 Å². The predicted molar refractivity (Wildman–Crippen MR) is 242 cm³/mol. The Balaban J connectivity index is 0.00000316. The van der Waals surface area contributed by atoms with E-state index in [2.05, 4.69) is 101 Å². The molecular weight excluding hydrogens is 810 g/mol. The zero-order valence-corrected chi connectivity index (χ0v) is 36.5. The van der Waals surface area contributed by atoms with Crippen LogP contribution >= 0.6 is 11.8 Å². The molecule has 1 aliphatic rings. The zero-order valence-electron chi connectivity index (χ0n) is 35.7. The van der Waals surface area contributed by atoms with Gasteiger partial charge in [0.05, 0.1) is 17.8 Å². The standard InChI is InChI=1S/C43H49FN12O3S.CH5N/c1-6-54(31-12-14-35-38(20-31)53(5)52-42(35)51-39(58)16-17-46-27-57)25-32-10-8-18-55(32)24-29-9-7-11-33(19-29)60-34-13-15-37(36(44)21-34)50-43-41(59-28(2)3)40(30-22-48-49-23-30)47-26-56(43)45-4;1-2/h7,9,11-15,19-23,26-28,32H,4,6,8,10,16-18,24-25H2,1-3,5H3,(H,46,57)(H,48,49)(H,51,52,58);2H2,1H3. The van der Waals surface area contributed by atoms with Crippen molar-refractivity contribution >= 4 is 58.9 Å². The van der Waals surface area contributed by atoms with Crippen molar-refractivity contribution in [1.82, 2.24) is 39.9 Å². The number of nitrogens with one attached hydrogen (secondary N) is 3. The molecule has 1 aliphatic heterocycles. The first kappa shape index (κ1) is 45.2. The van der Waals surface area contributed by atoms with Crippen LogP contribution in [0.3, 0.4) is 0 Å². The van der Waals surface area contributed by atoms with Crippen molar-refractivity contribution in [1.29, 1.82) is 0 Å². The van der Waals surface area contributed by atoms with Gasteiger partial charge in [-0.1, -0.05) is 23.9 Å². The highest BCUT2D eigenvalue weighted by Gasteiger charge is 2.27. The topological polar surface area (TPSA) is 189 Å². The van der Waals surface area contributed by atoms with Gasteiger partial charge in [0.15, 0.2) is 11.6 Å². The van der Waals surface area contributed by atoms with Crippen molar-refractivity contribution in [3.8, 4) is 17.0 Å². The number of rotatable bonds is 18. The number of nitrogens with two attached hydrogens (primary N) is 1. The van der Waals surface area contributed by atoms with Crippen LogP contribution in [0.5, 0.6) is 5.75 Å². The molecule has 0 saturated carbocycles. The van der Waals surface area contributed by atoms with E-state index in [1.807, 2.05) is 39.1 Å². The number of carbonyl (C=O) groups excluding carboxylic acids is 2. The van der Waals surface area contributed by atoms with Crippen LogP contribution in [0.25, 0.3) is 22.2 Å². The van der Waals surface area contributed by atoms with Crippen LogP contribution < -0.4 is 31.5 Å². The van der Waals surface area contributed by atoms with Gasteiger partial charge in [-0.2, -0.15) is 15.3 Å². The van der Waals surface area contributed by atoms with Crippen molar-refractivity contribution in [2.45, 2.75) is 68.5 Å². The molecule has 1 fully saturated rings. The van der Waals surface area contributed by atoms with Gasteiger partial charge in [-0.25, -0.2) is 19.0 Å². The van der Waals surface area contributed by atoms with Crippen LogP contribution in [0.15, 0.2) is 99.3 Å². The van der Waals surface area contributed by atoms with Crippen molar-refractivity contribution in [3.05, 3.63) is 96.3 Å². The summed E-state index contributed by atoms with van der Waals surface area (Å²) in [5.41, 5.74) is 9.28. The molecule has 4 heterocycles. The molecule has 1 saturated heterocycles. The monoisotopic (exact) mass is 863 g/mol. The van der Waals surface area contributed by atoms with Crippen molar-refractivity contribution in [3.63, 3.8) is 0 Å². The summed E-state index contributed by atoms with van der Waals surface area (Å²) < 4.78 is 25.1. The molecule has 326 valence electrons. The second kappa shape index (κ2) is 21.4. The summed E-state index contributed by atoms with van der Waals surface area (Å²) in [6.07, 6.45) is 7.54. The maximum atomic E-state index is 15.8. The number of nitrogens with zero attached hydrogens (tertiary/aromatic N) is 9. The Morgan fingerprint density at radius 1 is 1.18 bits per heavy atom. The van der Waals surface area contributed by atoms with Crippen molar-refractivity contribution in [2.24, 2.45) is 22.9 Å². The Morgan fingerprint density at radius 2 is 2.00 bits per heavy atom. The third kappa shape index (κ3) is 10.9. The van der Waals surface area contributed by atoms with Crippen LogP contribution in [-0.4, -0.2) is 98.9 Å². The van der Waals surface area contributed by atoms with Crippen LogP contribution in [0, 0.1) is 5.82 Å². The minimum atomic E-state index is -0.487. The van der Waals surface area contributed by atoms with E-state index in [9.17, 15) is 9.59 Å². The number of amides is 2. The van der Waals surface area contributed by atoms with Gasteiger partial charge >= 0.3 is 0 Å². The average molecular weight is 864 g/mol. The Bertz CT molecular complexity index is 2540. The van der Waals surface area contributed by atoms with E-state index < -0.39 is 5.82 Å². The number of benzene rings is 3. The van der Waals surface area contributed by atoms with E-state index >= 15 is 4.39 Å². The second-order valence-electron chi connectivity index (χ2n) is 14.7. The molecular formula is C44H54FN13O3S. The first-order valence-electron chi connectivity index (χ1n) is 20.5. The Labute approximate surface area is 364 Å². The molecule has 0 bridgehead atoms. The molecule has 3 aromatic carbocycles. The molecule has 3 aromatic heterocycles. The third-order valence-electron chi connectivity index (χ3n) is 10.2. The van der Waals surface area contributed by atoms with E-state index in [0.29, 0.717) is 35.3 Å². The normalized spacial score (nSPS) is 14.1. The van der Waals surface area contributed by atoms with Crippen LogP contribution in [-0.2, 0) is 23.2 Å². The smallest absolute Gasteiger partial charge is 0.227 e. The third-order valence-corrected chi connectivity index (χ3v) is 11.2. The lowest BCUT2D eigenvalue weighted by Gasteiger charge is -2.32. The lowest BCUT2D eigenvalue weighted by Crippen LogP contribution is -2.40. The van der Waals surface area contributed by atoms with Gasteiger partial charge in [0.1, 0.15) is 23.5 Å². The molecule has 2 amide bonds. The molecule has 5 N–H and O–H groups in total. The number of anilines is 2. The number of hydrogen-bond acceptors (Lipinski definition) is 12. The largest absolute Gasteiger partial charge is 0.485 e. The fourth-order valence-corrected chi connectivity index (χ4v) is 8.29. The molecule has 6 aromatic rings.